The molecule has 0 unspecified atom stereocenters. The molecule has 0 saturated carbocycles. The van der Waals surface area contributed by atoms with Gasteiger partial charge in [0.25, 0.3) is 0 Å². The highest BCUT2D eigenvalue weighted by Crippen LogP contribution is 2.26. The Balaban J connectivity index is 3.88. The van der Waals surface area contributed by atoms with Gasteiger partial charge in [0.1, 0.15) is 0 Å². The zero-order valence-electron chi connectivity index (χ0n) is 9.57. The minimum atomic E-state index is 0.134. The fourth-order valence-electron chi connectivity index (χ4n) is 1.85. The van der Waals surface area contributed by atoms with E-state index in [1.807, 2.05) is 0 Å². The Bertz CT molecular complexity index is 181. The third kappa shape index (κ3) is 7.80. The van der Waals surface area contributed by atoms with Crippen molar-refractivity contribution >= 4 is 0 Å². The molecule has 0 aromatic heterocycles. The first-order valence-corrected chi connectivity index (χ1v) is 4.89. The number of hydrogen-bond acceptors (Lipinski definition) is 2. The van der Waals surface area contributed by atoms with Crippen molar-refractivity contribution in [1.29, 1.82) is 5.26 Å². The zero-order valence-corrected chi connectivity index (χ0v) is 9.57. The summed E-state index contributed by atoms with van der Waals surface area (Å²) in [6.45, 7) is 11.9. The van der Waals surface area contributed by atoms with Gasteiger partial charge in [-0.3, -0.25) is 0 Å². The molecule has 0 fully saturated rings. The maximum atomic E-state index is 8.41. The number of hydrogen-bond donors (Lipinski definition) is 1. The van der Waals surface area contributed by atoms with Gasteiger partial charge in [0.2, 0.25) is 0 Å². The maximum Gasteiger partial charge on any atom is 0.0635 e. The Morgan fingerprint density at radius 3 is 2.08 bits per heavy atom. The second-order valence-corrected chi connectivity index (χ2v) is 5.46. The molecule has 13 heavy (non-hydrogen) atoms. The molecule has 0 spiro atoms. The molecule has 76 valence electrons. The predicted octanol–water partition coefficient (Wildman–Crippen LogP) is 2.70. The Kier molecular flexibility index (Phi) is 4.43. The normalized spacial score (nSPS) is 12.6. The molecule has 1 N–H and O–H groups in total. The van der Waals surface area contributed by atoms with Crippen LogP contribution in [-0.4, -0.2) is 12.1 Å². The van der Waals surface area contributed by atoms with Crippen LogP contribution >= 0.6 is 0 Å². The first-order chi connectivity index (χ1) is 5.77. The maximum absolute atomic E-state index is 8.41. The fraction of sp³-hybridized carbons (Fsp3) is 0.909. The number of nitriles is 1. The largest absolute Gasteiger partial charge is 0.311 e. The number of rotatable bonds is 4. The smallest absolute Gasteiger partial charge is 0.0635 e. The van der Waals surface area contributed by atoms with E-state index in [1.165, 1.54) is 0 Å². The molecule has 0 rings (SSSR count). The second-order valence-electron chi connectivity index (χ2n) is 5.46. The summed E-state index contributed by atoms with van der Waals surface area (Å²) in [6.07, 6.45) is 1.71. The molecular weight excluding hydrogens is 160 g/mol. The van der Waals surface area contributed by atoms with Gasteiger partial charge in [0.05, 0.1) is 6.07 Å². The van der Waals surface area contributed by atoms with Gasteiger partial charge in [-0.2, -0.15) is 5.26 Å². The Hall–Kier alpha value is -0.550. The Labute approximate surface area is 82.3 Å². The summed E-state index contributed by atoms with van der Waals surface area (Å²) in [5.74, 6) is 0. The third-order valence-corrected chi connectivity index (χ3v) is 1.81. The molecule has 2 nitrogen and oxygen atoms in total. The van der Waals surface area contributed by atoms with E-state index in [0.717, 1.165) is 13.0 Å². The van der Waals surface area contributed by atoms with Gasteiger partial charge in [-0.1, -0.05) is 20.8 Å². The SMILES string of the molecule is CC(C)(C)CC(C)(C)NCCC#N. The molecule has 0 aliphatic rings. The van der Waals surface area contributed by atoms with Crippen molar-refractivity contribution < 1.29 is 0 Å². The van der Waals surface area contributed by atoms with Crippen LogP contribution in [0.25, 0.3) is 0 Å². The molecular formula is C11H22N2. The summed E-state index contributed by atoms with van der Waals surface area (Å²) in [7, 11) is 0. The van der Waals surface area contributed by atoms with Crippen LogP contribution in [0.1, 0.15) is 47.5 Å². The zero-order chi connectivity index (χ0) is 10.5. The van der Waals surface area contributed by atoms with Gasteiger partial charge in [-0.15, -0.1) is 0 Å². The van der Waals surface area contributed by atoms with Crippen molar-refractivity contribution in [2.75, 3.05) is 6.54 Å². The number of nitrogens with zero attached hydrogens (tertiary/aromatic N) is 1. The predicted molar refractivity (Wildman–Crippen MR) is 56.4 cm³/mol. The lowest BCUT2D eigenvalue weighted by Gasteiger charge is -2.33. The van der Waals surface area contributed by atoms with Gasteiger partial charge in [-0.05, 0) is 25.7 Å². The summed E-state index contributed by atoms with van der Waals surface area (Å²) in [5, 5.41) is 11.8. The van der Waals surface area contributed by atoms with Crippen molar-refractivity contribution in [3.8, 4) is 6.07 Å². The van der Waals surface area contributed by atoms with Crippen LogP contribution in [0.5, 0.6) is 0 Å². The highest BCUT2D eigenvalue weighted by atomic mass is 14.9. The van der Waals surface area contributed by atoms with Crippen LogP contribution in [0.15, 0.2) is 0 Å². The molecule has 0 aromatic rings. The number of nitrogens with one attached hydrogen (secondary N) is 1. The van der Waals surface area contributed by atoms with E-state index in [0.29, 0.717) is 11.8 Å². The van der Waals surface area contributed by atoms with E-state index in [1.54, 1.807) is 0 Å². The summed E-state index contributed by atoms with van der Waals surface area (Å²) in [6, 6.07) is 2.14. The average Bonchev–Trinajstić information content (AvgIpc) is 1.81. The summed E-state index contributed by atoms with van der Waals surface area (Å²) < 4.78 is 0. The third-order valence-electron chi connectivity index (χ3n) is 1.81. The molecule has 0 amide bonds. The molecule has 0 aliphatic carbocycles. The average molecular weight is 182 g/mol. The topological polar surface area (TPSA) is 35.8 Å². The van der Waals surface area contributed by atoms with Gasteiger partial charge >= 0.3 is 0 Å². The van der Waals surface area contributed by atoms with Crippen LogP contribution < -0.4 is 5.32 Å². The molecule has 0 heterocycles. The standard InChI is InChI=1S/C11H22N2/c1-10(2,3)9-11(4,5)13-8-6-7-12/h13H,6,8-9H2,1-5H3. The van der Waals surface area contributed by atoms with E-state index in [9.17, 15) is 0 Å². The van der Waals surface area contributed by atoms with E-state index in [2.05, 4.69) is 46.0 Å². The van der Waals surface area contributed by atoms with E-state index in [4.69, 9.17) is 5.26 Å². The highest BCUT2D eigenvalue weighted by Gasteiger charge is 2.24. The van der Waals surface area contributed by atoms with Gasteiger partial charge in [0, 0.05) is 18.5 Å². The molecule has 0 aliphatic heterocycles. The minimum Gasteiger partial charge on any atom is -0.311 e. The summed E-state index contributed by atoms with van der Waals surface area (Å²) >= 11 is 0. The molecule has 0 radical (unpaired) electrons. The van der Waals surface area contributed by atoms with Gasteiger partial charge in [0.15, 0.2) is 0 Å². The van der Waals surface area contributed by atoms with Crippen molar-refractivity contribution in [3.63, 3.8) is 0 Å². The van der Waals surface area contributed by atoms with Crippen LogP contribution in [0.4, 0.5) is 0 Å². The molecule has 0 saturated heterocycles. The first-order valence-electron chi connectivity index (χ1n) is 4.89. The Morgan fingerprint density at radius 2 is 1.69 bits per heavy atom. The van der Waals surface area contributed by atoms with E-state index < -0.39 is 0 Å². The van der Waals surface area contributed by atoms with Crippen LogP contribution in [0.3, 0.4) is 0 Å². The highest BCUT2D eigenvalue weighted by molar-refractivity contribution is 4.84. The van der Waals surface area contributed by atoms with Crippen LogP contribution in [0, 0.1) is 16.7 Å². The minimum absolute atomic E-state index is 0.134. The van der Waals surface area contributed by atoms with Crippen molar-refractivity contribution in [3.05, 3.63) is 0 Å². The molecule has 0 bridgehead atoms. The second kappa shape index (κ2) is 4.62. The molecule has 2 heteroatoms. The lowest BCUT2D eigenvalue weighted by molar-refractivity contribution is 0.244. The van der Waals surface area contributed by atoms with Crippen molar-refractivity contribution in [2.24, 2.45) is 5.41 Å². The lowest BCUT2D eigenvalue weighted by Crippen LogP contribution is -2.42. The summed E-state index contributed by atoms with van der Waals surface area (Å²) in [5.41, 5.74) is 0.470. The van der Waals surface area contributed by atoms with E-state index in [-0.39, 0.29) is 5.54 Å². The molecule has 0 atom stereocenters. The van der Waals surface area contributed by atoms with Crippen LogP contribution in [0.2, 0.25) is 0 Å². The quantitative estimate of drug-likeness (QED) is 0.678. The van der Waals surface area contributed by atoms with Crippen molar-refractivity contribution in [1.82, 2.24) is 5.32 Å². The monoisotopic (exact) mass is 182 g/mol. The Morgan fingerprint density at radius 1 is 1.15 bits per heavy atom. The van der Waals surface area contributed by atoms with Gasteiger partial charge < -0.3 is 5.32 Å². The van der Waals surface area contributed by atoms with Crippen molar-refractivity contribution in [2.45, 2.75) is 53.0 Å². The summed E-state index contributed by atoms with van der Waals surface area (Å²) in [4.78, 5) is 0. The van der Waals surface area contributed by atoms with E-state index >= 15 is 0 Å². The lowest BCUT2D eigenvalue weighted by atomic mass is 9.82. The molecule has 0 aromatic carbocycles. The fourth-order valence-corrected chi connectivity index (χ4v) is 1.85. The first kappa shape index (κ1) is 12.4. The van der Waals surface area contributed by atoms with Gasteiger partial charge in [-0.25, -0.2) is 0 Å². The van der Waals surface area contributed by atoms with Crippen LogP contribution in [-0.2, 0) is 0 Å².